The van der Waals surface area contributed by atoms with Gasteiger partial charge >= 0.3 is 0 Å². The Balaban J connectivity index is 2.24. The molecule has 2 aromatic rings. The third-order valence-corrected chi connectivity index (χ3v) is 5.19. The molecule has 2 aromatic carbocycles. The van der Waals surface area contributed by atoms with Gasteiger partial charge < -0.3 is 19.7 Å². The first-order chi connectivity index (χ1) is 14.7. The lowest BCUT2D eigenvalue weighted by atomic mass is 9.86. The molecule has 31 heavy (non-hydrogen) atoms. The van der Waals surface area contributed by atoms with Crippen LogP contribution in [0.3, 0.4) is 0 Å². The molecule has 1 atom stereocenters. The maximum atomic E-state index is 13.2. The van der Waals surface area contributed by atoms with Crippen molar-refractivity contribution in [3.05, 3.63) is 59.7 Å². The predicted octanol–water partition coefficient (Wildman–Crippen LogP) is 3.92. The number of hydrogen-bond donors (Lipinski definition) is 1. The van der Waals surface area contributed by atoms with Gasteiger partial charge in [-0.15, -0.1) is 0 Å². The normalized spacial score (nSPS) is 12.1. The van der Waals surface area contributed by atoms with Crippen molar-refractivity contribution in [3.63, 3.8) is 0 Å². The Morgan fingerprint density at radius 2 is 1.71 bits per heavy atom. The van der Waals surface area contributed by atoms with Crippen molar-refractivity contribution in [2.24, 2.45) is 0 Å². The molecule has 0 fully saturated rings. The zero-order valence-electron chi connectivity index (χ0n) is 19.4. The summed E-state index contributed by atoms with van der Waals surface area (Å²) in [5.74, 6) is 0.984. The SMILES string of the molecule is CC[C@H](C(=O)NC)N(Cc1ccc(OC)cc1)C(=O)COc1ccccc1C(C)(C)C. The van der Waals surface area contributed by atoms with Gasteiger partial charge in [-0.1, -0.05) is 58.0 Å². The molecule has 6 heteroatoms. The van der Waals surface area contributed by atoms with Crippen LogP contribution in [-0.2, 0) is 21.5 Å². The fourth-order valence-corrected chi connectivity index (χ4v) is 3.45. The van der Waals surface area contributed by atoms with Crippen molar-refractivity contribution in [1.82, 2.24) is 10.2 Å². The number of ether oxygens (including phenoxy) is 2. The fourth-order valence-electron chi connectivity index (χ4n) is 3.45. The van der Waals surface area contributed by atoms with Gasteiger partial charge in [0.1, 0.15) is 17.5 Å². The molecule has 0 spiro atoms. The van der Waals surface area contributed by atoms with E-state index in [4.69, 9.17) is 9.47 Å². The van der Waals surface area contributed by atoms with E-state index < -0.39 is 6.04 Å². The molecule has 2 amide bonds. The van der Waals surface area contributed by atoms with Crippen LogP contribution in [0, 0.1) is 0 Å². The molecule has 0 radical (unpaired) electrons. The fraction of sp³-hybridized carbons (Fsp3) is 0.440. The minimum absolute atomic E-state index is 0.115. The Morgan fingerprint density at radius 1 is 1.06 bits per heavy atom. The molecule has 0 aliphatic heterocycles. The van der Waals surface area contributed by atoms with Gasteiger partial charge in [0.15, 0.2) is 6.61 Å². The van der Waals surface area contributed by atoms with E-state index in [1.807, 2.05) is 55.5 Å². The molecular weight excluding hydrogens is 392 g/mol. The minimum Gasteiger partial charge on any atom is -0.497 e. The molecule has 0 aliphatic carbocycles. The number of carbonyl (C=O) groups excluding carboxylic acids is 2. The number of carbonyl (C=O) groups is 2. The number of rotatable bonds is 9. The average molecular weight is 427 g/mol. The molecule has 0 heterocycles. The number of hydrogen-bond acceptors (Lipinski definition) is 4. The predicted molar refractivity (Wildman–Crippen MR) is 122 cm³/mol. The molecule has 0 saturated heterocycles. The minimum atomic E-state index is -0.582. The highest BCUT2D eigenvalue weighted by atomic mass is 16.5. The van der Waals surface area contributed by atoms with E-state index in [2.05, 4.69) is 26.1 Å². The van der Waals surface area contributed by atoms with Crippen LogP contribution in [0.2, 0.25) is 0 Å². The molecule has 1 N–H and O–H groups in total. The van der Waals surface area contributed by atoms with E-state index in [-0.39, 0.29) is 23.8 Å². The lowest BCUT2D eigenvalue weighted by Gasteiger charge is -2.30. The molecule has 0 bridgehead atoms. The van der Waals surface area contributed by atoms with Crippen LogP contribution >= 0.6 is 0 Å². The Bertz CT molecular complexity index is 872. The maximum Gasteiger partial charge on any atom is 0.261 e. The highest BCUT2D eigenvalue weighted by molar-refractivity contribution is 5.88. The number of para-hydroxylation sites is 1. The number of methoxy groups -OCH3 is 1. The lowest BCUT2D eigenvalue weighted by molar-refractivity contribution is -0.142. The topological polar surface area (TPSA) is 67.9 Å². The molecule has 2 rings (SSSR count). The van der Waals surface area contributed by atoms with Crippen LogP contribution in [0.4, 0.5) is 0 Å². The number of likely N-dealkylation sites (N-methyl/N-ethyl adjacent to an activating group) is 1. The smallest absolute Gasteiger partial charge is 0.261 e. The van der Waals surface area contributed by atoms with Crippen molar-refractivity contribution in [3.8, 4) is 11.5 Å². The average Bonchev–Trinajstić information content (AvgIpc) is 2.77. The monoisotopic (exact) mass is 426 g/mol. The summed E-state index contributed by atoms with van der Waals surface area (Å²) in [5.41, 5.74) is 1.82. The first kappa shape index (κ1) is 24.3. The van der Waals surface area contributed by atoms with Crippen LogP contribution in [0.25, 0.3) is 0 Å². The van der Waals surface area contributed by atoms with Crippen molar-refractivity contribution in [1.29, 1.82) is 0 Å². The van der Waals surface area contributed by atoms with E-state index in [1.54, 1.807) is 19.1 Å². The zero-order chi connectivity index (χ0) is 23.0. The second-order valence-corrected chi connectivity index (χ2v) is 8.44. The number of nitrogens with one attached hydrogen (secondary N) is 1. The molecule has 168 valence electrons. The van der Waals surface area contributed by atoms with Crippen LogP contribution in [-0.4, -0.2) is 43.5 Å². The van der Waals surface area contributed by atoms with E-state index >= 15 is 0 Å². The third-order valence-electron chi connectivity index (χ3n) is 5.19. The zero-order valence-corrected chi connectivity index (χ0v) is 19.4. The molecule has 0 saturated carbocycles. The van der Waals surface area contributed by atoms with Crippen molar-refractivity contribution in [2.75, 3.05) is 20.8 Å². The Kier molecular flexibility index (Phi) is 8.48. The molecule has 0 aliphatic rings. The van der Waals surface area contributed by atoms with Gasteiger partial charge in [0.05, 0.1) is 7.11 Å². The van der Waals surface area contributed by atoms with E-state index in [0.29, 0.717) is 18.7 Å². The van der Waals surface area contributed by atoms with Crippen LogP contribution < -0.4 is 14.8 Å². The number of nitrogens with zero attached hydrogens (tertiary/aromatic N) is 1. The van der Waals surface area contributed by atoms with Crippen LogP contribution in [0.5, 0.6) is 11.5 Å². The summed E-state index contributed by atoms with van der Waals surface area (Å²) in [7, 11) is 3.19. The van der Waals surface area contributed by atoms with Crippen LogP contribution in [0.15, 0.2) is 48.5 Å². The van der Waals surface area contributed by atoms with Crippen molar-refractivity contribution in [2.45, 2.75) is 52.1 Å². The highest BCUT2D eigenvalue weighted by Gasteiger charge is 2.29. The van der Waals surface area contributed by atoms with E-state index in [0.717, 1.165) is 16.9 Å². The largest absolute Gasteiger partial charge is 0.497 e. The van der Waals surface area contributed by atoms with Gasteiger partial charge in [0.2, 0.25) is 5.91 Å². The van der Waals surface area contributed by atoms with Crippen LogP contribution in [0.1, 0.15) is 45.2 Å². The molecular formula is C25H34N2O4. The maximum absolute atomic E-state index is 13.2. The third kappa shape index (κ3) is 6.48. The first-order valence-corrected chi connectivity index (χ1v) is 10.6. The summed E-state index contributed by atoms with van der Waals surface area (Å²) in [6, 6.07) is 14.6. The molecule has 6 nitrogen and oxygen atoms in total. The Hall–Kier alpha value is -3.02. The highest BCUT2D eigenvalue weighted by Crippen LogP contribution is 2.31. The lowest BCUT2D eigenvalue weighted by Crippen LogP contribution is -2.49. The molecule has 0 aromatic heterocycles. The molecule has 0 unspecified atom stereocenters. The van der Waals surface area contributed by atoms with Gasteiger partial charge in [0, 0.05) is 13.6 Å². The van der Waals surface area contributed by atoms with Gasteiger partial charge in [-0.05, 0) is 41.2 Å². The summed E-state index contributed by atoms with van der Waals surface area (Å²) in [4.78, 5) is 27.3. The second kappa shape index (κ2) is 10.8. The summed E-state index contributed by atoms with van der Waals surface area (Å²) < 4.78 is 11.2. The Morgan fingerprint density at radius 3 is 2.26 bits per heavy atom. The Labute approximate surface area is 185 Å². The summed E-state index contributed by atoms with van der Waals surface area (Å²) in [5, 5.41) is 2.66. The summed E-state index contributed by atoms with van der Waals surface area (Å²) >= 11 is 0. The quantitative estimate of drug-likeness (QED) is 0.660. The van der Waals surface area contributed by atoms with Crippen molar-refractivity contribution >= 4 is 11.8 Å². The van der Waals surface area contributed by atoms with Gasteiger partial charge in [-0.3, -0.25) is 9.59 Å². The van der Waals surface area contributed by atoms with Gasteiger partial charge in [-0.25, -0.2) is 0 Å². The first-order valence-electron chi connectivity index (χ1n) is 10.6. The van der Waals surface area contributed by atoms with E-state index in [9.17, 15) is 9.59 Å². The van der Waals surface area contributed by atoms with Gasteiger partial charge in [0.25, 0.3) is 5.91 Å². The van der Waals surface area contributed by atoms with E-state index in [1.165, 1.54) is 0 Å². The second-order valence-electron chi connectivity index (χ2n) is 8.44. The van der Waals surface area contributed by atoms with Gasteiger partial charge in [-0.2, -0.15) is 0 Å². The number of amides is 2. The summed E-state index contributed by atoms with van der Waals surface area (Å²) in [6.07, 6.45) is 0.500. The number of benzene rings is 2. The van der Waals surface area contributed by atoms with Crippen molar-refractivity contribution < 1.29 is 19.1 Å². The standard InChI is InChI=1S/C25H34N2O4/c1-7-21(24(29)26-5)27(16-18-12-14-19(30-6)15-13-18)23(28)17-31-22-11-9-8-10-20(22)25(2,3)4/h8-15,21H,7,16-17H2,1-6H3,(H,26,29)/t21-/m1/s1. The summed E-state index contributed by atoms with van der Waals surface area (Å²) in [6.45, 7) is 8.36.